The number of nitrogen functional groups attached to an aromatic ring is 1. The van der Waals surface area contributed by atoms with Gasteiger partial charge in [-0.25, -0.2) is 9.07 Å². The Bertz CT molecular complexity index is 761. The predicted molar refractivity (Wildman–Crippen MR) is 72.0 cm³/mol. The van der Waals surface area contributed by atoms with Crippen molar-refractivity contribution in [2.24, 2.45) is 0 Å². The Morgan fingerprint density at radius 1 is 1.47 bits per heavy atom. The first-order valence-electron chi connectivity index (χ1n) is 5.78. The van der Waals surface area contributed by atoms with Gasteiger partial charge in [0, 0.05) is 6.07 Å². The zero-order valence-corrected chi connectivity index (χ0v) is 10.9. The molecular formula is C12H11ClFN5. The molecule has 5 nitrogen and oxygen atoms in total. The molecule has 1 aromatic carbocycles. The van der Waals surface area contributed by atoms with E-state index in [4.69, 9.17) is 17.3 Å². The zero-order chi connectivity index (χ0) is 13.6. The van der Waals surface area contributed by atoms with E-state index in [9.17, 15) is 4.39 Å². The Morgan fingerprint density at radius 3 is 2.95 bits per heavy atom. The van der Waals surface area contributed by atoms with Gasteiger partial charge in [-0.05, 0) is 18.6 Å². The summed E-state index contributed by atoms with van der Waals surface area (Å²) in [6.07, 6.45) is 0.712. The largest absolute Gasteiger partial charge is 0.383 e. The van der Waals surface area contributed by atoms with Crippen molar-refractivity contribution in [1.82, 2.24) is 20.0 Å². The molecule has 0 saturated carbocycles. The molecule has 0 aliphatic carbocycles. The first-order valence-corrected chi connectivity index (χ1v) is 6.16. The molecule has 7 heteroatoms. The molecule has 2 aromatic heterocycles. The van der Waals surface area contributed by atoms with Crippen LogP contribution in [0.1, 0.15) is 12.6 Å². The minimum atomic E-state index is -0.496. The average Bonchev–Trinajstić information content (AvgIpc) is 2.94. The fourth-order valence-electron chi connectivity index (χ4n) is 2.05. The number of halogens is 2. The van der Waals surface area contributed by atoms with Crippen molar-refractivity contribution in [2.45, 2.75) is 13.3 Å². The Hall–Kier alpha value is -2.08. The second-order valence-corrected chi connectivity index (χ2v) is 4.55. The van der Waals surface area contributed by atoms with E-state index in [1.807, 2.05) is 6.92 Å². The highest BCUT2D eigenvalue weighted by atomic mass is 35.5. The van der Waals surface area contributed by atoms with Crippen LogP contribution in [0.3, 0.4) is 0 Å². The van der Waals surface area contributed by atoms with Gasteiger partial charge in [0.15, 0.2) is 5.65 Å². The van der Waals surface area contributed by atoms with Crippen molar-refractivity contribution in [2.75, 3.05) is 5.73 Å². The lowest BCUT2D eigenvalue weighted by Crippen LogP contribution is -1.99. The molecule has 3 rings (SSSR count). The van der Waals surface area contributed by atoms with Crippen molar-refractivity contribution in [3.8, 4) is 5.69 Å². The molecule has 0 unspecified atom stereocenters. The van der Waals surface area contributed by atoms with Crippen LogP contribution in [0.15, 0.2) is 18.2 Å². The molecule has 0 saturated heterocycles. The number of nitrogens with two attached hydrogens (primary N) is 1. The van der Waals surface area contributed by atoms with E-state index in [1.165, 1.54) is 12.1 Å². The van der Waals surface area contributed by atoms with E-state index in [-0.39, 0.29) is 5.02 Å². The summed E-state index contributed by atoms with van der Waals surface area (Å²) in [7, 11) is 0. The summed E-state index contributed by atoms with van der Waals surface area (Å²) in [5, 5.41) is 12.1. The number of hydrogen-bond donors (Lipinski definition) is 2. The van der Waals surface area contributed by atoms with E-state index >= 15 is 0 Å². The topological polar surface area (TPSA) is 72.5 Å². The monoisotopic (exact) mass is 279 g/mol. The van der Waals surface area contributed by atoms with Gasteiger partial charge in [0.1, 0.15) is 11.6 Å². The van der Waals surface area contributed by atoms with Crippen molar-refractivity contribution >= 4 is 28.5 Å². The molecule has 0 spiro atoms. The van der Waals surface area contributed by atoms with Gasteiger partial charge in [0.2, 0.25) is 0 Å². The maximum atomic E-state index is 13.5. The molecule has 98 valence electrons. The highest BCUT2D eigenvalue weighted by Gasteiger charge is 2.17. The lowest BCUT2D eigenvalue weighted by molar-refractivity contribution is 0.626. The quantitative estimate of drug-likeness (QED) is 0.757. The van der Waals surface area contributed by atoms with Crippen LogP contribution in [0.25, 0.3) is 16.7 Å². The van der Waals surface area contributed by atoms with Crippen LogP contribution < -0.4 is 5.73 Å². The van der Waals surface area contributed by atoms with Crippen LogP contribution >= 0.6 is 11.6 Å². The minimum Gasteiger partial charge on any atom is -0.383 e. The number of nitrogens with zero attached hydrogens (tertiary/aromatic N) is 3. The number of aryl methyl sites for hydroxylation is 1. The summed E-state index contributed by atoms with van der Waals surface area (Å²) in [4.78, 5) is 0. The third-order valence-corrected chi connectivity index (χ3v) is 3.27. The van der Waals surface area contributed by atoms with Gasteiger partial charge in [-0.1, -0.05) is 18.5 Å². The van der Waals surface area contributed by atoms with Crippen LogP contribution in [0.5, 0.6) is 0 Å². The summed E-state index contributed by atoms with van der Waals surface area (Å²) < 4.78 is 15.1. The maximum Gasteiger partial charge on any atom is 0.186 e. The maximum absolute atomic E-state index is 13.5. The van der Waals surface area contributed by atoms with E-state index in [2.05, 4.69) is 15.3 Å². The molecular weight excluding hydrogens is 269 g/mol. The molecule has 0 radical (unpaired) electrons. The molecule has 0 bridgehead atoms. The van der Waals surface area contributed by atoms with Gasteiger partial charge in [0.25, 0.3) is 0 Å². The summed E-state index contributed by atoms with van der Waals surface area (Å²) in [6, 6.07) is 4.49. The number of nitrogens with one attached hydrogen (secondary N) is 1. The van der Waals surface area contributed by atoms with E-state index in [1.54, 1.807) is 10.7 Å². The number of aromatic amines is 1. The van der Waals surface area contributed by atoms with Crippen LogP contribution in [0, 0.1) is 5.82 Å². The Morgan fingerprint density at radius 2 is 2.26 bits per heavy atom. The zero-order valence-electron chi connectivity index (χ0n) is 10.1. The normalized spacial score (nSPS) is 11.3. The fourth-order valence-corrected chi connectivity index (χ4v) is 2.16. The highest BCUT2D eigenvalue weighted by molar-refractivity contribution is 6.30. The molecule has 3 N–H and O–H groups in total. The lowest BCUT2D eigenvalue weighted by Gasteiger charge is -2.02. The Labute approximate surface area is 113 Å². The summed E-state index contributed by atoms with van der Waals surface area (Å²) in [5.74, 6) is -0.0306. The third-order valence-electron chi connectivity index (χ3n) is 2.97. The van der Waals surface area contributed by atoms with Gasteiger partial charge >= 0.3 is 0 Å². The van der Waals surface area contributed by atoms with Gasteiger partial charge in [0.05, 0.1) is 21.8 Å². The van der Waals surface area contributed by atoms with Crippen molar-refractivity contribution < 1.29 is 4.39 Å². The number of benzene rings is 1. The number of anilines is 1. The molecule has 3 aromatic rings. The average molecular weight is 280 g/mol. The van der Waals surface area contributed by atoms with Crippen LogP contribution in [0.4, 0.5) is 10.2 Å². The molecule has 0 aliphatic heterocycles. The van der Waals surface area contributed by atoms with Gasteiger partial charge < -0.3 is 5.73 Å². The number of aromatic nitrogens is 4. The molecule has 0 fully saturated rings. The van der Waals surface area contributed by atoms with Gasteiger partial charge in [-0.3, -0.25) is 5.10 Å². The van der Waals surface area contributed by atoms with E-state index < -0.39 is 5.82 Å². The van der Waals surface area contributed by atoms with Gasteiger partial charge in [-0.2, -0.15) is 10.2 Å². The SMILES string of the molecule is CCc1nn(-c2ccc(Cl)c(F)c2)c2n[nH]c(N)c12. The molecule has 0 amide bonds. The second kappa shape index (κ2) is 4.24. The summed E-state index contributed by atoms with van der Waals surface area (Å²) in [5.41, 5.74) is 7.78. The fraction of sp³-hybridized carbons (Fsp3) is 0.167. The van der Waals surface area contributed by atoms with Crippen LogP contribution in [-0.2, 0) is 6.42 Å². The Kier molecular flexibility index (Phi) is 2.67. The smallest absolute Gasteiger partial charge is 0.186 e. The number of rotatable bonds is 2. The van der Waals surface area contributed by atoms with Crippen LogP contribution in [0.2, 0.25) is 5.02 Å². The van der Waals surface area contributed by atoms with E-state index in [0.717, 1.165) is 11.1 Å². The van der Waals surface area contributed by atoms with Crippen molar-refractivity contribution in [1.29, 1.82) is 0 Å². The molecule has 0 atom stereocenters. The summed E-state index contributed by atoms with van der Waals surface area (Å²) in [6.45, 7) is 1.97. The number of hydrogen-bond acceptors (Lipinski definition) is 3. The minimum absolute atomic E-state index is 0.0735. The standard InChI is InChI=1S/C12H11ClFN5/c1-2-9-10-11(15)16-17-12(10)19(18-9)6-3-4-7(13)8(14)5-6/h3-5H,2H2,1H3,(H3,15,16,17). The first-order chi connectivity index (χ1) is 9.11. The predicted octanol–water partition coefficient (Wildman–Crippen LogP) is 2.69. The van der Waals surface area contributed by atoms with Gasteiger partial charge in [-0.15, -0.1) is 0 Å². The Balaban J connectivity index is 2.27. The summed E-state index contributed by atoms with van der Waals surface area (Å²) >= 11 is 5.68. The lowest BCUT2D eigenvalue weighted by atomic mass is 10.2. The number of fused-ring (bicyclic) bond motifs is 1. The van der Waals surface area contributed by atoms with E-state index in [0.29, 0.717) is 23.6 Å². The molecule has 0 aliphatic rings. The highest BCUT2D eigenvalue weighted by Crippen LogP contribution is 2.26. The molecule has 2 heterocycles. The number of H-pyrrole nitrogens is 1. The first kappa shape index (κ1) is 12.0. The second-order valence-electron chi connectivity index (χ2n) is 4.15. The van der Waals surface area contributed by atoms with Crippen LogP contribution in [-0.4, -0.2) is 20.0 Å². The molecule has 19 heavy (non-hydrogen) atoms. The van der Waals surface area contributed by atoms with Crippen molar-refractivity contribution in [3.63, 3.8) is 0 Å². The third kappa shape index (κ3) is 1.76. The van der Waals surface area contributed by atoms with Crippen molar-refractivity contribution in [3.05, 3.63) is 34.7 Å².